The molecule has 1 heterocycles. The summed E-state index contributed by atoms with van der Waals surface area (Å²) in [5.41, 5.74) is 1.76. The van der Waals surface area contributed by atoms with Crippen LogP contribution in [0.25, 0.3) is 0 Å². The van der Waals surface area contributed by atoms with Crippen molar-refractivity contribution in [3.8, 4) is 0 Å². The lowest BCUT2D eigenvalue weighted by Gasteiger charge is -2.16. The van der Waals surface area contributed by atoms with Crippen molar-refractivity contribution in [2.24, 2.45) is 0 Å². The molecule has 0 spiro atoms. The minimum atomic E-state index is -0.735. The molecule has 2 aromatic carbocycles. The smallest absolute Gasteiger partial charge is 0.338 e. The minimum Gasteiger partial charge on any atom is -0.452 e. The first kappa shape index (κ1) is 20.3. The molecule has 0 saturated carbocycles. The van der Waals surface area contributed by atoms with Crippen LogP contribution >= 0.6 is 0 Å². The number of ether oxygens (including phenoxy) is 1. The van der Waals surface area contributed by atoms with Gasteiger partial charge in [-0.25, -0.2) is 9.69 Å². The SMILES string of the molecule is CC[C@H](C)NC(=O)COC(=O)c1ccc2c(c1)C(=O)N(c1ccccc1C)C2=O. The van der Waals surface area contributed by atoms with Crippen molar-refractivity contribution < 1.29 is 23.9 Å². The van der Waals surface area contributed by atoms with Crippen LogP contribution < -0.4 is 10.2 Å². The summed E-state index contributed by atoms with van der Waals surface area (Å²) in [5.74, 6) is -2.07. The van der Waals surface area contributed by atoms with Gasteiger partial charge in [0.1, 0.15) is 0 Å². The Morgan fingerprint density at radius 1 is 1.07 bits per heavy atom. The van der Waals surface area contributed by atoms with Crippen LogP contribution in [0.3, 0.4) is 0 Å². The third-order valence-electron chi connectivity index (χ3n) is 4.83. The zero-order chi connectivity index (χ0) is 21.1. The Labute approximate surface area is 168 Å². The monoisotopic (exact) mass is 394 g/mol. The number of nitrogens with one attached hydrogen (secondary N) is 1. The van der Waals surface area contributed by atoms with Crippen molar-refractivity contribution in [1.29, 1.82) is 0 Å². The van der Waals surface area contributed by atoms with Crippen molar-refractivity contribution in [2.45, 2.75) is 33.2 Å². The molecule has 0 radical (unpaired) electrons. The number of carbonyl (C=O) groups is 4. The maximum absolute atomic E-state index is 12.8. The molecule has 0 aliphatic carbocycles. The van der Waals surface area contributed by atoms with E-state index in [0.717, 1.165) is 16.9 Å². The van der Waals surface area contributed by atoms with E-state index in [4.69, 9.17) is 4.74 Å². The number of imide groups is 1. The Kier molecular flexibility index (Phi) is 5.77. The Hall–Kier alpha value is -3.48. The first-order valence-corrected chi connectivity index (χ1v) is 9.38. The van der Waals surface area contributed by atoms with E-state index in [1.807, 2.05) is 32.9 Å². The van der Waals surface area contributed by atoms with Gasteiger partial charge in [-0.2, -0.15) is 0 Å². The third-order valence-corrected chi connectivity index (χ3v) is 4.83. The highest BCUT2D eigenvalue weighted by molar-refractivity contribution is 6.34. The van der Waals surface area contributed by atoms with Crippen LogP contribution in [0, 0.1) is 6.92 Å². The third kappa shape index (κ3) is 4.03. The number of amides is 3. The molecule has 2 aromatic rings. The molecule has 29 heavy (non-hydrogen) atoms. The number of carbonyl (C=O) groups excluding carboxylic acids is 4. The van der Waals surface area contributed by atoms with Gasteiger partial charge in [0.15, 0.2) is 6.61 Å². The summed E-state index contributed by atoms with van der Waals surface area (Å²) in [6, 6.07) is 11.2. The maximum Gasteiger partial charge on any atom is 0.338 e. The fourth-order valence-corrected chi connectivity index (χ4v) is 3.03. The van der Waals surface area contributed by atoms with E-state index in [1.165, 1.54) is 18.2 Å². The minimum absolute atomic E-state index is 0.0164. The second-order valence-corrected chi connectivity index (χ2v) is 6.95. The second-order valence-electron chi connectivity index (χ2n) is 6.95. The van der Waals surface area contributed by atoms with Crippen molar-refractivity contribution in [3.63, 3.8) is 0 Å². The van der Waals surface area contributed by atoms with Crippen LogP contribution in [-0.2, 0) is 9.53 Å². The van der Waals surface area contributed by atoms with Crippen molar-refractivity contribution in [3.05, 3.63) is 64.7 Å². The van der Waals surface area contributed by atoms with Gasteiger partial charge >= 0.3 is 5.97 Å². The summed E-state index contributed by atoms with van der Waals surface area (Å²) < 4.78 is 5.03. The number of esters is 1. The van der Waals surface area contributed by atoms with Crippen molar-refractivity contribution >= 4 is 29.4 Å². The Morgan fingerprint density at radius 2 is 1.76 bits per heavy atom. The molecule has 0 saturated heterocycles. The van der Waals surface area contributed by atoms with E-state index < -0.39 is 30.3 Å². The van der Waals surface area contributed by atoms with Gasteiger partial charge in [-0.05, 0) is 50.1 Å². The standard InChI is InChI=1S/C22H22N2O5/c1-4-14(3)23-19(25)12-29-22(28)15-9-10-16-17(11-15)21(27)24(20(16)26)18-8-6-5-7-13(18)2/h5-11,14H,4,12H2,1-3H3,(H,23,25)/t14-/m0/s1. The van der Waals surface area contributed by atoms with Crippen LogP contribution in [0.4, 0.5) is 5.69 Å². The summed E-state index contributed by atoms with van der Waals surface area (Å²) in [7, 11) is 0. The number of benzene rings is 2. The largest absolute Gasteiger partial charge is 0.452 e. The first-order valence-electron chi connectivity index (χ1n) is 9.38. The molecular weight excluding hydrogens is 372 g/mol. The zero-order valence-electron chi connectivity index (χ0n) is 16.5. The second kappa shape index (κ2) is 8.26. The average Bonchev–Trinajstić information content (AvgIpc) is 2.96. The summed E-state index contributed by atoms with van der Waals surface area (Å²) in [6.07, 6.45) is 0.762. The molecule has 1 aliphatic rings. The van der Waals surface area contributed by atoms with Crippen LogP contribution in [0.15, 0.2) is 42.5 Å². The number of hydrogen-bond donors (Lipinski definition) is 1. The van der Waals surface area contributed by atoms with E-state index in [2.05, 4.69) is 5.32 Å². The van der Waals surface area contributed by atoms with E-state index in [9.17, 15) is 19.2 Å². The fourth-order valence-electron chi connectivity index (χ4n) is 3.03. The summed E-state index contributed by atoms with van der Waals surface area (Å²) in [6.45, 7) is 5.18. The highest BCUT2D eigenvalue weighted by Crippen LogP contribution is 2.31. The molecule has 1 N–H and O–H groups in total. The van der Waals surface area contributed by atoms with Gasteiger partial charge in [0.25, 0.3) is 17.7 Å². The summed E-state index contributed by atoms with van der Waals surface area (Å²) in [4.78, 5) is 50.7. The Balaban J connectivity index is 1.77. The number of para-hydroxylation sites is 1. The first-order chi connectivity index (χ1) is 13.8. The van der Waals surface area contributed by atoms with Crippen LogP contribution in [0.1, 0.15) is 56.9 Å². The molecule has 0 aromatic heterocycles. The van der Waals surface area contributed by atoms with Gasteiger partial charge < -0.3 is 10.1 Å². The molecule has 150 valence electrons. The van der Waals surface area contributed by atoms with Gasteiger partial charge in [0.2, 0.25) is 0 Å². The number of fused-ring (bicyclic) bond motifs is 1. The molecule has 0 fully saturated rings. The molecule has 0 bridgehead atoms. The lowest BCUT2D eigenvalue weighted by atomic mass is 10.1. The van der Waals surface area contributed by atoms with Crippen LogP contribution in [-0.4, -0.2) is 36.3 Å². The Morgan fingerprint density at radius 3 is 2.45 bits per heavy atom. The molecule has 1 atom stereocenters. The fraction of sp³-hybridized carbons (Fsp3) is 0.273. The molecule has 7 heteroatoms. The van der Waals surface area contributed by atoms with Crippen molar-refractivity contribution in [2.75, 3.05) is 11.5 Å². The highest BCUT2D eigenvalue weighted by Gasteiger charge is 2.37. The van der Waals surface area contributed by atoms with Gasteiger partial charge in [0.05, 0.1) is 22.4 Å². The molecule has 7 nitrogen and oxygen atoms in total. The lowest BCUT2D eigenvalue weighted by Crippen LogP contribution is -2.35. The van der Waals surface area contributed by atoms with E-state index >= 15 is 0 Å². The predicted molar refractivity (Wildman–Crippen MR) is 107 cm³/mol. The van der Waals surface area contributed by atoms with Gasteiger partial charge in [-0.1, -0.05) is 25.1 Å². The summed E-state index contributed by atoms with van der Waals surface area (Å²) >= 11 is 0. The average molecular weight is 394 g/mol. The van der Waals surface area contributed by atoms with Gasteiger partial charge in [0, 0.05) is 6.04 Å². The predicted octanol–water partition coefficient (Wildman–Crippen LogP) is 2.87. The summed E-state index contributed by atoms with van der Waals surface area (Å²) in [5, 5.41) is 2.70. The number of rotatable bonds is 6. The molecule has 3 amide bonds. The van der Waals surface area contributed by atoms with E-state index in [0.29, 0.717) is 5.69 Å². The number of nitrogens with zero attached hydrogens (tertiary/aromatic N) is 1. The zero-order valence-corrected chi connectivity index (χ0v) is 16.5. The maximum atomic E-state index is 12.8. The van der Waals surface area contributed by atoms with Crippen molar-refractivity contribution in [1.82, 2.24) is 5.32 Å². The number of hydrogen-bond acceptors (Lipinski definition) is 5. The molecule has 1 aliphatic heterocycles. The van der Waals surface area contributed by atoms with E-state index in [1.54, 1.807) is 12.1 Å². The lowest BCUT2D eigenvalue weighted by molar-refractivity contribution is -0.124. The topological polar surface area (TPSA) is 92.8 Å². The van der Waals surface area contributed by atoms with E-state index in [-0.39, 0.29) is 22.7 Å². The molecule has 3 rings (SSSR count). The number of aryl methyl sites for hydroxylation is 1. The van der Waals surface area contributed by atoms with Crippen LogP contribution in [0.5, 0.6) is 0 Å². The van der Waals surface area contributed by atoms with Crippen LogP contribution in [0.2, 0.25) is 0 Å². The molecule has 0 unspecified atom stereocenters. The van der Waals surface area contributed by atoms with Gasteiger partial charge in [-0.3, -0.25) is 14.4 Å². The Bertz CT molecular complexity index is 998. The normalized spacial score (nSPS) is 13.8. The highest BCUT2D eigenvalue weighted by atomic mass is 16.5. The molecular formula is C22H22N2O5. The number of anilines is 1. The van der Waals surface area contributed by atoms with Gasteiger partial charge in [-0.15, -0.1) is 0 Å². The quantitative estimate of drug-likeness (QED) is 0.601.